The number of rotatable bonds is 5. The summed E-state index contributed by atoms with van der Waals surface area (Å²) >= 11 is 0. The van der Waals surface area contributed by atoms with Gasteiger partial charge in [0, 0.05) is 18.9 Å². The Morgan fingerprint density at radius 2 is 2.00 bits per heavy atom. The zero-order chi connectivity index (χ0) is 13.5. The molecule has 0 atom stereocenters. The third-order valence-electron chi connectivity index (χ3n) is 2.32. The Kier molecular flexibility index (Phi) is 4.39. The van der Waals surface area contributed by atoms with E-state index >= 15 is 0 Å². The minimum atomic E-state index is -0.181. The fourth-order valence-electron chi connectivity index (χ4n) is 1.44. The summed E-state index contributed by atoms with van der Waals surface area (Å²) in [5, 5.41) is 5.72. The van der Waals surface area contributed by atoms with Crippen molar-refractivity contribution in [3.63, 3.8) is 0 Å². The molecule has 1 amide bonds. The summed E-state index contributed by atoms with van der Waals surface area (Å²) in [5.41, 5.74) is 0.370. The summed E-state index contributed by atoms with van der Waals surface area (Å²) in [6.07, 6.45) is 4.15. The van der Waals surface area contributed by atoms with Crippen LogP contribution < -0.4 is 10.6 Å². The lowest BCUT2D eigenvalue weighted by Crippen LogP contribution is -2.25. The maximum atomic E-state index is 11.8. The van der Waals surface area contributed by atoms with E-state index in [0.29, 0.717) is 24.0 Å². The van der Waals surface area contributed by atoms with Crippen molar-refractivity contribution in [2.75, 3.05) is 11.9 Å². The third kappa shape index (κ3) is 3.74. The molecule has 0 spiro atoms. The molecule has 0 radical (unpaired) electrons. The van der Waals surface area contributed by atoms with Gasteiger partial charge >= 0.3 is 0 Å². The van der Waals surface area contributed by atoms with E-state index in [1.165, 1.54) is 0 Å². The Balaban J connectivity index is 2.09. The van der Waals surface area contributed by atoms with Gasteiger partial charge in [0.15, 0.2) is 0 Å². The molecule has 0 aliphatic rings. The van der Waals surface area contributed by atoms with Crippen molar-refractivity contribution >= 4 is 17.7 Å². The van der Waals surface area contributed by atoms with Gasteiger partial charge in [-0.1, -0.05) is 13.0 Å². The molecule has 0 unspecified atom stereocenters. The fraction of sp³-hybridized carbons (Fsp3) is 0.231. The van der Waals surface area contributed by atoms with Gasteiger partial charge in [-0.2, -0.15) is 0 Å². The molecular weight excluding hydrogens is 242 g/mol. The Hall–Kier alpha value is -2.50. The molecule has 0 aliphatic carbocycles. The standard InChI is InChI=1S/C13H15N5O/c1-2-7-14-12(19)10-5-3-6-11(17-10)18-13-15-8-4-9-16-13/h3-6,8-9H,2,7H2,1H3,(H,14,19)(H,15,16,17,18). The lowest BCUT2D eigenvalue weighted by Gasteiger charge is -2.06. The minimum absolute atomic E-state index is 0.181. The molecule has 2 heterocycles. The maximum absolute atomic E-state index is 11.8. The molecule has 2 N–H and O–H groups in total. The van der Waals surface area contributed by atoms with Gasteiger partial charge < -0.3 is 10.6 Å². The number of hydrogen-bond acceptors (Lipinski definition) is 5. The smallest absolute Gasteiger partial charge is 0.269 e. The van der Waals surface area contributed by atoms with E-state index in [1.807, 2.05) is 6.92 Å². The predicted molar refractivity (Wildman–Crippen MR) is 72.2 cm³/mol. The van der Waals surface area contributed by atoms with Gasteiger partial charge in [0.2, 0.25) is 5.95 Å². The number of carbonyl (C=O) groups excluding carboxylic acids is 1. The third-order valence-corrected chi connectivity index (χ3v) is 2.32. The Labute approximate surface area is 111 Å². The fourth-order valence-corrected chi connectivity index (χ4v) is 1.44. The second-order valence-electron chi connectivity index (χ2n) is 3.86. The highest BCUT2D eigenvalue weighted by molar-refractivity contribution is 5.92. The zero-order valence-corrected chi connectivity index (χ0v) is 10.6. The lowest BCUT2D eigenvalue weighted by molar-refractivity contribution is 0.0949. The van der Waals surface area contributed by atoms with E-state index in [1.54, 1.807) is 36.7 Å². The first-order valence-corrected chi connectivity index (χ1v) is 6.09. The molecule has 6 nitrogen and oxygen atoms in total. The summed E-state index contributed by atoms with van der Waals surface area (Å²) < 4.78 is 0. The van der Waals surface area contributed by atoms with Crippen LogP contribution in [0.2, 0.25) is 0 Å². The molecule has 19 heavy (non-hydrogen) atoms. The van der Waals surface area contributed by atoms with E-state index < -0.39 is 0 Å². The highest BCUT2D eigenvalue weighted by atomic mass is 16.1. The maximum Gasteiger partial charge on any atom is 0.269 e. The van der Waals surface area contributed by atoms with E-state index in [-0.39, 0.29) is 5.91 Å². The average Bonchev–Trinajstić information content (AvgIpc) is 2.46. The summed E-state index contributed by atoms with van der Waals surface area (Å²) in [5.74, 6) is 0.802. The topological polar surface area (TPSA) is 79.8 Å². The number of pyridine rings is 1. The number of anilines is 2. The summed E-state index contributed by atoms with van der Waals surface area (Å²) in [6, 6.07) is 6.92. The molecule has 2 rings (SSSR count). The quantitative estimate of drug-likeness (QED) is 0.853. The number of nitrogens with one attached hydrogen (secondary N) is 2. The van der Waals surface area contributed by atoms with Crippen LogP contribution in [0.1, 0.15) is 23.8 Å². The molecule has 0 bridgehead atoms. The number of carbonyl (C=O) groups is 1. The minimum Gasteiger partial charge on any atom is -0.351 e. The number of amides is 1. The monoisotopic (exact) mass is 257 g/mol. The van der Waals surface area contributed by atoms with E-state index in [4.69, 9.17) is 0 Å². The number of nitrogens with zero attached hydrogens (tertiary/aromatic N) is 3. The van der Waals surface area contributed by atoms with E-state index in [2.05, 4.69) is 25.6 Å². The van der Waals surface area contributed by atoms with Crippen molar-refractivity contribution in [1.29, 1.82) is 0 Å². The van der Waals surface area contributed by atoms with Crippen LogP contribution in [0.15, 0.2) is 36.7 Å². The molecule has 0 saturated heterocycles. The predicted octanol–water partition coefficient (Wildman–Crippen LogP) is 1.75. The second kappa shape index (κ2) is 6.44. The summed E-state index contributed by atoms with van der Waals surface area (Å²) in [4.78, 5) is 24.1. The molecule has 2 aromatic rings. The van der Waals surface area contributed by atoms with Gasteiger partial charge in [0.1, 0.15) is 11.5 Å². The van der Waals surface area contributed by atoms with Crippen LogP contribution in [0.5, 0.6) is 0 Å². The second-order valence-corrected chi connectivity index (χ2v) is 3.86. The number of hydrogen-bond donors (Lipinski definition) is 2. The molecule has 0 aliphatic heterocycles. The molecule has 0 aromatic carbocycles. The van der Waals surface area contributed by atoms with Crippen LogP contribution in [-0.2, 0) is 0 Å². The van der Waals surface area contributed by atoms with Crippen molar-refractivity contribution in [2.45, 2.75) is 13.3 Å². The van der Waals surface area contributed by atoms with Gasteiger partial charge in [-0.15, -0.1) is 0 Å². The molecule has 2 aromatic heterocycles. The van der Waals surface area contributed by atoms with E-state index in [0.717, 1.165) is 6.42 Å². The average molecular weight is 257 g/mol. The zero-order valence-electron chi connectivity index (χ0n) is 10.6. The van der Waals surface area contributed by atoms with Crippen LogP contribution >= 0.6 is 0 Å². The Morgan fingerprint density at radius 1 is 1.21 bits per heavy atom. The van der Waals surface area contributed by atoms with Crippen LogP contribution in [0, 0.1) is 0 Å². The first-order chi connectivity index (χ1) is 9.29. The summed E-state index contributed by atoms with van der Waals surface area (Å²) in [6.45, 7) is 2.64. The van der Waals surface area contributed by atoms with Crippen LogP contribution in [0.3, 0.4) is 0 Å². The molecular formula is C13H15N5O. The van der Waals surface area contributed by atoms with Crippen LogP contribution in [0.25, 0.3) is 0 Å². The first-order valence-electron chi connectivity index (χ1n) is 6.09. The van der Waals surface area contributed by atoms with Crippen molar-refractivity contribution in [3.05, 3.63) is 42.4 Å². The van der Waals surface area contributed by atoms with Crippen LogP contribution in [-0.4, -0.2) is 27.4 Å². The largest absolute Gasteiger partial charge is 0.351 e. The van der Waals surface area contributed by atoms with Gasteiger partial charge in [0.25, 0.3) is 5.91 Å². The Bertz CT molecular complexity index is 544. The lowest BCUT2D eigenvalue weighted by atomic mass is 10.3. The SMILES string of the molecule is CCCNC(=O)c1cccc(Nc2ncccn2)n1. The molecule has 98 valence electrons. The molecule has 0 saturated carbocycles. The molecule has 0 fully saturated rings. The van der Waals surface area contributed by atoms with Crippen molar-refractivity contribution in [2.24, 2.45) is 0 Å². The highest BCUT2D eigenvalue weighted by Crippen LogP contribution is 2.09. The van der Waals surface area contributed by atoms with Crippen molar-refractivity contribution in [1.82, 2.24) is 20.3 Å². The first kappa shape index (κ1) is 12.9. The number of aromatic nitrogens is 3. The van der Waals surface area contributed by atoms with Crippen LogP contribution in [0.4, 0.5) is 11.8 Å². The van der Waals surface area contributed by atoms with Crippen molar-refractivity contribution in [3.8, 4) is 0 Å². The van der Waals surface area contributed by atoms with Gasteiger partial charge in [-0.3, -0.25) is 4.79 Å². The van der Waals surface area contributed by atoms with Gasteiger partial charge in [-0.05, 0) is 24.6 Å². The van der Waals surface area contributed by atoms with E-state index in [9.17, 15) is 4.79 Å². The Morgan fingerprint density at radius 3 is 2.74 bits per heavy atom. The van der Waals surface area contributed by atoms with Crippen molar-refractivity contribution < 1.29 is 4.79 Å². The molecule has 6 heteroatoms. The van der Waals surface area contributed by atoms with Gasteiger partial charge in [-0.25, -0.2) is 15.0 Å². The highest BCUT2D eigenvalue weighted by Gasteiger charge is 2.07. The summed E-state index contributed by atoms with van der Waals surface area (Å²) in [7, 11) is 0. The van der Waals surface area contributed by atoms with Gasteiger partial charge in [0.05, 0.1) is 0 Å². The normalized spacial score (nSPS) is 9.95.